The van der Waals surface area contributed by atoms with Crippen molar-refractivity contribution in [3.8, 4) is 5.75 Å². The molecular formula is C15H10BrNOS3. The van der Waals surface area contributed by atoms with E-state index in [1.54, 1.807) is 34.0 Å². The first kappa shape index (κ1) is 13.7. The third-order valence-electron chi connectivity index (χ3n) is 3.22. The van der Waals surface area contributed by atoms with Crippen molar-refractivity contribution in [3.63, 3.8) is 0 Å². The van der Waals surface area contributed by atoms with E-state index in [1.165, 1.54) is 14.3 Å². The molecule has 0 atom stereocenters. The third kappa shape index (κ3) is 2.40. The molecule has 0 aliphatic carbocycles. The lowest BCUT2D eigenvalue weighted by Crippen LogP contribution is -1.93. The number of thiophene rings is 2. The van der Waals surface area contributed by atoms with E-state index in [-0.39, 0.29) is 0 Å². The van der Waals surface area contributed by atoms with Gasteiger partial charge in [0.25, 0.3) is 0 Å². The van der Waals surface area contributed by atoms with E-state index in [9.17, 15) is 0 Å². The largest absolute Gasteiger partial charge is 0.487 e. The van der Waals surface area contributed by atoms with E-state index < -0.39 is 0 Å². The summed E-state index contributed by atoms with van der Waals surface area (Å²) < 4.78 is 9.62. The van der Waals surface area contributed by atoms with Gasteiger partial charge in [0.2, 0.25) is 0 Å². The van der Waals surface area contributed by atoms with Gasteiger partial charge >= 0.3 is 0 Å². The first-order valence-electron chi connectivity index (χ1n) is 6.34. The summed E-state index contributed by atoms with van der Waals surface area (Å²) in [6.07, 6.45) is 0. The minimum absolute atomic E-state index is 0.590. The number of hydrogen-bond donors (Lipinski definition) is 0. The highest BCUT2D eigenvalue weighted by Gasteiger charge is 2.13. The van der Waals surface area contributed by atoms with Crippen LogP contribution in [0.25, 0.3) is 20.3 Å². The van der Waals surface area contributed by atoms with Crippen molar-refractivity contribution in [1.82, 2.24) is 4.98 Å². The molecule has 0 N–H and O–H groups in total. The molecule has 2 nitrogen and oxygen atoms in total. The van der Waals surface area contributed by atoms with Gasteiger partial charge in [-0.15, -0.1) is 34.0 Å². The maximum Gasteiger partial charge on any atom is 0.130 e. The number of nitrogens with zero attached hydrogens (tertiary/aromatic N) is 1. The minimum atomic E-state index is 0.590. The van der Waals surface area contributed by atoms with Gasteiger partial charge in [-0.1, -0.05) is 0 Å². The van der Waals surface area contributed by atoms with Gasteiger partial charge in [0.1, 0.15) is 12.4 Å². The van der Waals surface area contributed by atoms with Crippen molar-refractivity contribution in [2.45, 2.75) is 13.5 Å². The topological polar surface area (TPSA) is 22.1 Å². The maximum absolute atomic E-state index is 6.09. The molecule has 1 aromatic carbocycles. The number of aryl methyl sites for hydroxylation is 1. The number of aromatic nitrogens is 1. The van der Waals surface area contributed by atoms with Gasteiger partial charge in [0.15, 0.2) is 0 Å². The van der Waals surface area contributed by atoms with Crippen molar-refractivity contribution in [3.05, 3.63) is 43.3 Å². The third-order valence-corrected chi connectivity index (χ3v) is 6.96. The Kier molecular flexibility index (Phi) is 3.49. The zero-order chi connectivity index (χ0) is 14.4. The average molecular weight is 396 g/mol. The predicted octanol–water partition coefficient (Wildman–Crippen LogP) is 6.22. The van der Waals surface area contributed by atoms with Crippen molar-refractivity contribution < 1.29 is 4.74 Å². The molecule has 0 aliphatic rings. The molecule has 21 heavy (non-hydrogen) atoms. The molecule has 0 radical (unpaired) electrons. The van der Waals surface area contributed by atoms with Crippen LogP contribution in [-0.2, 0) is 6.61 Å². The van der Waals surface area contributed by atoms with Gasteiger partial charge in [0.05, 0.1) is 24.8 Å². The molecule has 0 unspecified atom stereocenters. The second-order valence-corrected chi connectivity index (χ2v) is 8.60. The number of halogens is 1. The minimum Gasteiger partial charge on any atom is -0.487 e. The molecule has 106 valence electrons. The van der Waals surface area contributed by atoms with Crippen LogP contribution in [0, 0.1) is 6.92 Å². The molecule has 0 fully saturated rings. The Hall–Kier alpha value is -0.950. The van der Waals surface area contributed by atoms with Gasteiger partial charge in [0, 0.05) is 15.9 Å². The standard InChI is InChI=1S/C15H10BrNOS3/c1-8-17-14-12(21-8)6-11(9-2-4-20-15(9)14)18-7-13-10(16)3-5-19-13/h2-6H,7H2,1H3. The molecule has 0 saturated heterocycles. The van der Waals surface area contributed by atoms with Crippen LogP contribution in [0.3, 0.4) is 0 Å². The quantitative estimate of drug-likeness (QED) is 0.410. The molecule has 3 heterocycles. The Morgan fingerprint density at radius 2 is 2.10 bits per heavy atom. The fraction of sp³-hybridized carbons (Fsp3) is 0.133. The molecule has 0 spiro atoms. The van der Waals surface area contributed by atoms with Crippen LogP contribution in [0.2, 0.25) is 0 Å². The molecule has 0 saturated carbocycles. The smallest absolute Gasteiger partial charge is 0.130 e. The lowest BCUT2D eigenvalue weighted by atomic mass is 10.2. The summed E-state index contributed by atoms with van der Waals surface area (Å²) in [5, 5.41) is 6.43. The van der Waals surface area contributed by atoms with Crippen molar-refractivity contribution in [2.24, 2.45) is 0 Å². The van der Waals surface area contributed by atoms with Crippen LogP contribution < -0.4 is 4.74 Å². The van der Waals surface area contributed by atoms with Gasteiger partial charge in [-0.25, -0.2) is 4.98 Å². The molecular weight excluding hydrogens is 386 g/mol. The van der Waals surface area contributed by atoms with Crippen LogP contribution in [0.15, 0.2) is 33.4 Å². The fourth-order valence-electron chi connectivity index (χ4n) is 2.28. The number of hydrogen-bond acceptors (Lipinski definition) is 5. The molecule has 0 amide bonds. The number of benzene rings is 1. The second-order valence-electron chi connectivity index (χ2n) is 4.60. The summed E-state index contributed by atoms with van der Waals surface area (Å²) in [4.78, 5) is 5.85. The van der Waals surface area contributed by atoms with E-state index in [0.29, 0.717) is 6.61 Å². The molecule has 6 heteroatoms. The van der Waals surface area contributed by atoms with Gasteiger partial charge in [-0.2, -0.15) is 0 Å². The van der Waals surface area contributed by atoms with E-state index >= 15 is 0 Å². The maximum atomic E-state index is 6.09. The number of fused-ring (bicyclic) bond motifs is 3. The van der Waals surface area contributed by atoms with Crippen molar-refractivity contribution in [1.29, 1.82) is 0 Å². The van der Waals surface area contributed by atoms with Gasteiger partial charge < -0.3 is 4.74 Å². The van der Waals surface area contributed by atoms with Crippen molar-refractivity contribution in [2.75, 3.05) is 0 Å². The lowest BCUT2D eigenvalue weighted by molar-refractivity contribution is 0.313. The van der Waals surface area contributed by atoms with E-state index in [4.69, 9.17) is 4.74 Å². The first-order chi connectivity index (χ1) is 10.2. The van der Waals surface area contributed by atoms with E-state index in [0.717, 1.165) is 26.1 Å². The molecule has 4 aromatic rings. The monoisotopic (exact) mass is 395 g/mol. The number of thiazole rings is 1. The average Bonchev–Trinajstić information content (AvgIpc) is 3.14. The SMILES string of the molecule is Cc1nc2c(cc(OCc3sccc3Br)c3ccsc32)s1. The first-order valence-corrected chi connectivity index (χ1v) is 9.71. The fourth-order valence-corrected chi connectivity index (χ4v) is 5.49. The van der Waals surface area contributed by atoms with Crippen molar-refractivity contribution >= 4 is 70.2 Å². The summed E-state index contributed by atoms with van der Waals surface area (Å²) in [6.45, 7) is 2.64. The van der Waals surface area contributed by atoms with Crippen LogP contribution in [0.5, 0.6) is 5.75 Å². The van der Waals surface area contributed by atoms with Crippen LogP contribution in [0.4, 0.5) is 0 Å². The Labute approximate surface area is 142 Å². The molecule has 0 aliphatic heterocycles. The lowest BCUT2D eigenvalue weighted by Gasteiger charge is -2.07. The summed E-state index contributed by atoms with van der Waals surface area (Å²) in [7, 11) is 0. The van der Waals surface area contributed by atoms with Gasteiger partial charge in [-0.05, 0) is 45.7 Å². The summed E-state index contributed by atoms with van der Waals surface area (Å²) in [5.41, 5.74) is 1.10. The summed E-state index contributed by atoms with van der Waals surface area (Å²) in [6, 6.07) is 6.29. The van der Waals surface area contributed by atoms with E-state index in [2.05, 4.69) is 49.9 Å². The number of rotatable bonds is 3. The Morgan fingerprint density at radius 1 is 1.24 bits per heavy atom. The molecule has 4 rings (SSSR count). The van der Waals surface area contributed by atoms with Crippen LogP contribution in [-0.4, -0.2) is 4.98 Å². The Balaban J connectivity index is 1.79. The highest BCUT2D eigenvalue weighted by atomic mass is 79.9. The number of ether oxygens (including phenoxy) is 1. The predicted molar refractivity (Wildman–Crippen MR) is 96.1 cm³/mol. The summed E-state index contributed by atoms with van der Waals surface area (Å²) >= 11 is 8.70. The summed E-state index contributed by atoms with van der Waals surface area (Å²) in [5.74, 6) is 0.947. The highest BCUT2D eigenvalue weighted by Crippen LogP contribution is 2.39. The normalized spacial score (nSPS) is 11.5. The Morgan fingerprint density at radius 3 is 2.90 bits per heavy atom. The van der Waals surface area contributed by atoms with E-state index in [1.807, 2.05) is 6.92 Å². The zero-order valence-electron chi connectivity index (χ0n) is 11.1. The highest BCUT2D eigenvalue weighted by molar-refractivity contribution is 9.10. The van der Waals surface area contributed by atoms with Crippen LogP contribution >= 0.6 is 49.9 Å². The molecule has 3 aromatic heterocycles. The molecule has 0 bridgehead atoms. The second kappa shape index (κ2) is 5.35. The van der Waals surface area contributed by atoms with Gasteiger partial charge in [-0.3, -0.25) is 0 Å². The van der Waals surface area contributed by atoms with Crippen LogP contribution in [0.1, 0.15) is 9.88 Å². The Bertz CT molecular complexity index is 937. The zero-order valence-corrected chi connectivity index (χ0v) is 15.1.